The van der Waals surface area contributed by atoms with Gasteiger partial charge in [0.1, 0.15) is 5.82 Å². The third kappa shape index (κ3) is 6.25. The number of nitrogens with zero attached hydrogens (tertiary/aromatic N) is 1. The summed E-state index contributed by atoms with van der Waals surface area (Å²) in [6.45, 7) is 3.13. The summed E-state index contributed by atoms with van der Waals surface area (Å²) in [4.78, 5) is 14.5. The van der Waals surface area contributed by atoms with Crippen LogP contribution in [0.3, 0.4) is 0 Å². The molecular formula is C20H25FN2O5S. The molecule has 0 aliphatic heterocycles. The number of ether oxygens (including phenoxy) is 2. The zero-order chi connectivity index (χ0) is 21.4. The van der Waals surface area contributed by atoms with Gasteiger partial charge in [-0.05, 0) is 48.9 Å². The molecule has 0 fully saturated rings. The first-order valence-electron chi connectivity index (χ1n) is 8.94. The van der Waals surface area contributed by atoms with Gasteiger partial charge in [-0.15, -0.1) is 0 Å². The minimum atomic E-state index is -3.95. The highest BCUT2D eigenvalue weighted by molar-refractivity contribution is 7.92. The lowest BCUT2D eigenvalue weighted by atomic mass is 10.1. The standard InChI is InChI=1S/C20H25FN2O5S/c1-15-4-9-18(29(25,26)22-17-7-5-16(21)6-8-17)14-19(15)20(24)23(10-12-27-2)11-13-28-3/h4-9,14,22H,10-13H2,1-3H3. The lowest BCUT2D eigenvalue weighted by Crippen LogP contribution is -2.37. The summed E-state index contributed by atoms with van der Waals surface area (Å²) in [6, 6.07) is 9.31. The summed E-state index contributed by atoms with van der Waals surface area (Å²) in [5.74, 6) is -0.779. The Morgan fingerprint density at radius 2 is 1.62 bits per heavy atom. The van der Waals surface area contributed by atoms with E-state index in [1.54, 1.807) is 32.1 Å². The van der Waals surface area contributed by atoms with E-state index in [-0.39, 0.29) is 22.1 Å². The summed E-state index contributed by atoms with van der Waals surface area (Å²) in [6.07, 6.45) is 0. The van der Waals surface area contributed by atoms with E-state index in [2.05, 4.69) is 4.72 Å². The van der Waals surface area contributed by atoms with Crippen molar-refractivity contribution in [3.8, 4) is 0 Å². The van der Waals surface area contributed by atoms with Gasteiger partial charge in [0.2, 0.25) is 0 Å². The zero-order valence-electron chi connectivity index (χ0n) is 16.6. The number of carbonyl (C=O) groups is 1. The molecule has 0 saturated heterocycles. The molecule has 1 amide bonds. The van der Waals surface area contributed by atoms with E-state index in [4.69, 9.17) is 9.47 Å². The second-order valence-corrected chi connectivity index (χ2v) is 8.05. The van der Waals surface area contributed by atoms with E-state index in [0.29, 0.717) is 31.9 Å². The van der Waals surface area contributed by atoms with E-state index in [0.717, 1.165) is 12.1 Å². The lowest BCUT2D eigenvalue weighted by Gasteiger charge is -2.23. The lowest BCUT2D eigenvalue weighted by molar-refractivity contribution is 0.0626. The molecule has 2 aromatic rings. The molecule has 0 aliphatic carbocycles. The number of carbonyl (C=O) groups excluding carboxylic acids is 1. The predicted octanol–water partition coefficient (Wildman–Crippen LogP) is 2.67. The highest BCUT2D eigenvalue weighted by Gasteiger charge is 2.21. The fourth-order valence-electron chi connectivity index (χ4n) is 2.62. The van der Waals surface area contributed by atoms with Crippen LogP contribution in [0.4, 0.5) is 10.1 Å². The van der Waals surface area contributed by atoms with Gasteiger partial charge in [0.15, 0.2) is 0 Å². The van der Waals surface area contributed by atoms with Gasteiger partial charge in [0.25, 0.3) is 15.9 Å². The second kappa shape index (κ2) is 10.3. The largest absolute Gasteiger partial charge is 0.383 e. The van der Waals surface area contributed by atoms with Crippen LogP contribution in [0.15, 0.2) is 47.4 Å². The average molecular weight is 424 g/mol. The molecule has 9 heteroatoms. The first-order valence-corrected chi connectivity index (χ1v) is 10.4. The molecule has 29 heavy (non-hydrogen) atoms. The Kier molecular flexibility index (Phi) is 8.12. The van der Waals surface area contributed by atoms with E-state index in [1.165, 1.54) is 24.3 Å². The number of amides is 1. The number of rotatable bonds is 10. The number of hydrogen-bond acceptors (Lipinski definition) is 5. The maximum absolute atomic E-state index is 13.0. The molecule has 0 bridgehead atoms. The van der Waals surface area contributed by atoms with Crippen LogP contribution in [0, 0.1) is 12.7 Å². The number of nitrogens with one attached hydrogen (secondary N) is 1. The van der Waals surface area contributed by atoms with Gasteiger partial charge >= 0.3 is 0 Å². The van der Waals surface area contributed by atoms with Crippen molar-refractivity contribution in [2.75, 3.05) is 45.2 Å². The quantitative estimate of drug-likeness (QED) is 0.634. The fraction of sp³-hybridized carbons (Fsp3) is 0.350. The maximum atomic E-state index is 13.0. The van der Waals surface area contributed by atoms with Gasteiger partial charge in [-0.2, -0.15) is 0 Å². The van der Waals surface area contributed by atoms with Crippen molar-refractivity contribution in [2.45, 2.75) is 11.8 Å². The van der Waals surface area contributed by atoms with Crippen molar-refractivity contribution in [1.82, 2.24) is 4.90 Å². The van der Waals surface area contributed by atoms with Crippen LogP contribution >= 0.6 is 0 Å². The summed E-state index contributed by atoms with van der Waals surface area (Å²) in [5.41, 5.74) is 1.15. The molecule has 1 N–H and O–H groups in total. The van der Waals surface area contributed by atoms with Crippen LogP contribution < -0.4 is 4.72 Å². The third-order valence-corrected chi connectivity index (χ3v) is 5.64. The second-order valence-electron chi connectivity index (χ2n) is 6.37. The highest BCUT2D eigenvalue weighted by Crippen LogP contribution is 2.21. The number of anilines is 1. The molecule has 0 aromatic heterocycles. The van der Waals surface area contributed by atoms with Gasteiger partial charge in [-0.25, -0.2) is 12.8 Å². The molecule has 0 heterocycles. The van der Waals surface area contributed by atoms with Crippen molar-refractivity contribution in [3.05, 3.63) is 59.4 Å². The monoisotopic (exact) mass is 424 g/mol. The Hall–Kier alpha value is -2.49. The van der Waals surface area contributed by atoms with E-state index < -0.39 is 15.8 Å². The molecule has 0 radical (unpaired) electrons. The van der Waals surface area contributed by atoms with Crippen LogP contribution in [0.5, 0.6) is 0 Å². The Morgan fingerprint density at radius 1 is 1.03 bits per heavy atom. The number of hydrogen-bond donors (Lipinski definition) is 1. The van der Waals surface area contributed by atoms with Gasteiger partial charge in [-0.1, -0.05) is 6.07 Å². The zero-order valence-corrected chi connectivity index (χ0v) is 17.5. The highest BCUT2D eigenvalue weighted by atomic mass is 32.2. The van der Waals surface area contributed by atoms with E-state index in [1.807, 2.05) is 0 Å². The molecule has 158 valence electrons. The van der Waals surface area contributed by atoms with Crippen LogP contribution in [0.1, 0.15) is 15.9 Å². The SMILES string of the molecule is COCCN(CCOC)C(=O)c1cc(S(=O)(=O)Nc2ccc(F)cc2)ccc1C. The van der Waals surface area contributed by atoms with Gasteiger partial charge in [0, 0.05) is 38.6 Å². The van der Waals surface area contributed by atoms with Crippen molar-refractivity contribution < 1.29 is 27.1 Å². The molecule has 7 nitrogen and oxygen atoms in total. The summed E-state index contributed by atoms with van der Waals surface area (Å²) < 4.78 is 51.0. The number of halogens is 1. The maximum Gasteiger partial charge on any atom is 0.261 e. The molecule has 2 aromatic carbocycles. The van der Waals surface area contributed by atoms with Gasteiger partial charge in [-0.3, -0.25) is 9.52 Å². The first kappa shape index (κ1) is 22.8. The number of methoxy groups -OCH3 is 2. The minimum Gasteiger partial charge on any atom is -0.383 e. The number of benzene rings is 2. The molecule has 2 rings (SSSR count). The normalized spacial score (nSPS) is 11.3. The van der Waals surface area contributed by atoms with Crippen molar-refractivity contribution in [1.29, 1.82) is 0 Å². The summed E-state index contributed by atoms with van der Waals surface area (Å²) >= 11 is 0. The summed E-state index contributed by atoms with van der Waals surface area (Å²) in [5, 5.41) is 0. The van der Waals surface area contributed by atoms with E-state index in [9.17, 15) is 17.6 Å². The molecule has 0 atom stereocenters. The molecular weight excluding hydrogens is 399 g/mol. The van der Waals surface area contributed by atoms with Gasteiger partial charge in [0.05, 0.1) is 18.1 Å². The van der Waals surface area contributed by atoms with Crippen LogP contribution in [-0.4, -0.2) is 59.7 Å². The smallest absolute Gasteiger partial charge is 0.261 e. The van der Waals surface area contributed by atoms with Crippen LogP contribution in [-0.2, 0) is 19.5 Å². The van der Waals surface area contributed by atoms with E-state index >= 15 is 0 Å². The molecule has 0 saturated carbocycles. The number of aryl methyl sites for hydroxylation is 1. The average Bonchev–Trinajstić information content (AvgIpc) is 2.69. The molecule has 0 aliphatic rings. The number of sulfonamides is 1. The van der Waals surface area contributed by atoms with Crippen LogP contribution in [0.2, 0.25) is 0 Å². The summed E-state index contributed by atoms with van der Waals surface area (Å²) in [7, 11) is -0.871. The third-order valence-electron chi connectivity index (χ3n) is 4.26. The Morgan fingerprint density at radius 3 is 2.17 bits per heavy atom. The minimum absolute atomic E-state index is 0.0609. The van der Waals surface area contributed by atoms with Crippen molar-refractivity contribution >= 4 is 21.6 Å². The Bertz CT molecular complexity index is 924. The fourth-order valence-corrected chi connectivity index (χ4v) is 3.70. The van der Waals surface area contributed by atoms with Crippen LogP contribution in [0.25, 0.3) is 0 Å². The molecule has 0 spiro atoms. The van der Waals surface area contributed by atoms with Gasteiger partial charge < -0.3 is 14.4 Å². The molecule has 0 unspecified atom stereocenters. The predicted molar refractivity (Wildman–Crippen MR) is 108 cm³/mol. The Labute approximate surface area is 170 Å². The van der Waals surface area contributed by atoms with Crippen molar-refractivity contribution in [3.63, 3.8) is 0 Å². The Balaban J connectivity index is 2.31. The topological polar surface area (TPSA) is 84.9 Å². The first-order chi connectivity index (χ1) is 13.8. The van der Waals surface area contributed by atoms with Crippen molar-refractivity contribution in [2.24, 2.45) is 0 Å².